The molecule has 1 aromatic carbocycles. The predicted octanol–water partition coefficient (Wildman–Crippen LogP) is 3.06. The van der Waals surface area contributed by atoms with E-state index in [0.29, 0.717) is 19.3 Å². The van der Waals surface area contributed by atoms with Crippen LogP contribution in [-0.4, -0.2) is 40.1 Å². The van der Waals surface area contributed by atoms with Crippen LogP contribution in [0, 0.1) is 11.7 Å². The second-order valence-electron chi connectivity index (χ2n) is 7.53. The third kappa shape index (κ3) is 5.04. The van der Waals surface area contributed by atoms with E-state index < -0.39 is 0 Å². The van der Waals surface area contributed by atoms with Gasteiger partial charge in [-0.1, -0.05) is 31.4 Å². The standard InChI is InChI=1S/C20H29N5OS2/c1-15-22-24(20(27)25(15)16-9-5-4-6-10-16)14-23(2)13-19(26)21-17-11-7-8-12-18(17)28-3/h7-8,11-12,16H,4-6,9-10,13-14H2,1-3H3,(H,21,26)/p+1. The van der Waals surface area contributed by atoms with Gasteiger partial charge >= 0.3 is 0 Å². The van der Waals surface area contributed by atoms with Crippen LogP contribution in [0.5, 0.6) is 0 Å². The summed E-state index contributed by atoms with van der Waals surface area (Å²) in [4.78, 5) is 14.6. The van der Waals surface area contributed by atoms with Crippen molar-refractivity contribution in [3.05, 3.63) is 34.9 Å². The van der Waals surface area contributed by atoms with Crippen LogP contribution in [0.25, 0.3) is 0 Å². The molecule has 1 aliphatic carbocycles. The quantitative estimate of drug-likeness (QED) is 0.534. The Labute approximate surface area is 176 Å². The lowest BCUT2D eigenvalue weighted by Crippen LogP contribution is -3.09. The van der Waals surface area contributed by atoms with E-state index in [0.717, 1.165) is 26.1 Å². The van der Waals surface area contributed by atoms with Crippen LogP contribution >= 0.6 is 24.0 Å². The van der Waals surface area contributed by atoms with Gasteiger partial charge in [0, 0.05) is 10.9 Å². The number of rotatable bonds is 7. The van der Waals surface area contributed by atoms with Crippen molar-refractivity contribution in [2.75, 3.05) is 25.2 Å². The van der Waals surface area contributed by atoms with Crippen LogP contribution < -0.4 is 10.2 Å². The molecule has 2 N–H and O–H groups in total. The Hall–Kier alpha value is -1.64. The average molecular weight is 421 g/mol. The number of para-hydroxylation sites is 1. The highest BCUT2D eigenvalue weighted by Gasteiger charge is 2.21. The molecule has 1 amide bonds. The van der Waals surface area contributed by atoms with Crippen LogP contribution in [0.1, 0.15) is 44.0 Å². The normalized spacial score (nSPS) is 16.1. The molecule has 0 saturated heterocycles. The van der Waals surface area contributed by atoms with E-state index in [4.69, 9.17) is 12.2 Å². The maximum atomic E-state index is 12.5. The van der Waals surface area contributed by atoms with Crippen molar-refractivity contribution in [2.24, 2.45) is 0 Å². The summed E-state index contributed by atoms with van der Waals surface area (Å²) in [6.07, 6.45) is 8.22. The Morgan fingerprint density at radius 1 is 1.32 bits per heavy atom. The van der Waals surface area contributed by atoms with E-state index in [9.17, 15) is 4.79 Å². The maximum Gasteiger partial charge on any atom is 0.279 e. The van der Waals surface area contributed by atoms with Crippen LogP contribution in [0.15, 0.2) is 29.2 Å². The van der Waals surface area contributed by atoms with E-state index in [2.05, 4.69) is 15.0 Å². The summed E-state index contributed by atoms with van der Waals surface area (Å²) in [6.45, 7) is 2.97. The van der Waals surface area contributed by atoms with E-state index in [1.54, 1.807) is 11.8 Å². The molecule has 1 heterocycles. The Balaban J connectivity index is 1.62. The minimum absolute atomic E-state index is 0.00560. The van der Waals surface area contributed by atoms with Gasteiger partial charge in [0.2, 0.25) is 4.77 Å². The Kier molecular flexibility index (Phi) is 7.31. The lowest BCUT2D eigenvalue weighted by molar-refractivity contribution is -0.895. The number of carbonyl (C=O) groups excluding carboxylic acids is 1. The number of aryl methyl sites for hydroxylation is 1. The summed E-state index contributed by atoms with van der Waals surface area (Å²) in [7, 11) is 2.00. The molecule has 8 heteroatoms. The van der Waals surface area contributed by atoms with Crippen LogP contribution in [0.3, 0.4) is 0 Å². The predicted molar refractivity (Wildman–Crippen MR) is 117 cm³/mol. The van der Waals surface area contributed by atoms with E-state index in [1.807, 2.05) is 49.2 Å². The summed E-state index contributed by atoms with van der Waals surface area (Å²) < 4.78 is 4.87. The number of nitrogens with zero attached hydrogens (tertiary/aromatic N) is 3. The molecule has 1 unspecified atom stereocenters. The molecule has 0 aliphatic heterocycles. The third-order valence-electron chi connectivity index (χ3n) is 5.24. The number of carbonyl (C=O) groups is 1. The minimum Gasteiger partial charge on any atom is -0.320 e. The van der Waals surface area contributed by atoms with Crippen molar-refractivity contribution >= 4 is 35.6 Å². The fourth-order valence-electron chi connectivity index (χ4n) is 3.92. The number of thioether (sulfide) groups is 1. The molecule has 28 heavy (non-hydrogen) atoms. The molecular formula is C20H30N5OS2+. The van der Waals surface area contributed by atoms with Gasteiger partial charge in [0.05, 0.1) is 12.7 Å². The molecule has 1 saturated carbocycles. The monoisotopic (exact) mass is 420 g/mol. The molecule has 1 atom stereocenters. The second-order valence-corrected chi connectivity index (χ2v) is 8.74. The summed E-state index contributed by atoms with van der Waals surface area (Å²) in [5.74, 6) is 0.969. The van der Waals surface area contributed by atoms with Crippen molar-refractivity contribution < 1.29 is 9.69 Å². The molecule has 1 aromatic heterocycles. The number of nitrogens with one attached hydrogen (secondary N) is 2. The topological polar surface area (TPSA) is 56.3 Å². The SMILES string of the molecule is CSc1ccccc1NC(=O)C[NH+](C)Cn1nc(C)n(C2CCCCC2)c1=S. The van der Waals surface area contributed by atoms with Gasteiger partial charge in [0.1, 0.15) is 5.82 Å². The van der Waals surface area contributed by atoms with E-state index >= 15 is 0 Å². The van der Waals surface area contributed by atoms with Crippen LogP contribution in [0.4, 0.5) is 5.69 Å². The molecule has 1 aliphatic rings. The first-order valence-electron chi connectivity index (χ1n) is 9.89. The lowest BCUT2D eigenvalue weighted by Gasteiger charge is -2.23. The van der Waals surface area contributed by atoms with Gasteiger partial charge in [-0.25, -0.2) is 0 Å². The summed E-state index contributed by atoms with van der Waals surface area (Å²) in [6, 6.07) is 8.33. The Bertz CT molecular complexity index is 870. The van der Waals surface area contributed by atoms with E-state index in [-0.39, 0.29) is 5.91 Å². The zero-order chi connectivity index (χ0) is 20.1. The van der Waals surface area contributed by atoms with Gasteiger partial charge in [0.15, 0.2) is 13.2 Å². The zero-order valence-corrected chi connectivity index (χ0v) is 18.5. The first-order valence-corrected chi connectivity index (χ1v) is 11.5. The van der Waals surface area contributed by atoms with Gasteiger partial charge in [-0.3, -0.25) is 4.79 Å². The lowest BCUT2D eigenvalue weighted by atomic mass is 9.95. The number of benzene rings is 1. The zero-order valence-electron chi connectivity index (χ0n) is 16.9. The average Bonchev–Trinajstić information content (AvgIpc) is 2.95. The van der Waals surface area contributed by atoms with Gasteiger partial charge in [-0.2, -0.15) is 9.78 Å². The maximum absolute atomic E-state index is 12.5. The number of hydrogen-bond acceptors (Lipinski definition) is 4. The number of anilines is 1. The second kappa shape index (κ2) is 9.71. The van der Waals surface area contributed by atoms with E-state index in [1.165, 1.54) is 32.1 Å². The van der Waals surface area contributed by atoms with Gasteiger partial charge in [-0.15, -0.1) is 11.8 Å². The molecule has 3 rings (SSSR count). The summed E-state index contributed by atoms with van der Waals surface area (Å²) in [5, 5.41) is 7.68. The fourth-order valence-corrected chi connectivity index (χ4v) is 4.86. The fraction of sp³-hybridized carbons (Fsp3) is 0.550. The van der Waals surface area contributed by atoms with Gasteiger partial charge in [-0.05, 0) is 50.4 Å². The molecular weight excluding hydrogens is 390 g/mol. The highest BCUT2D eigenvalue weighted by molar-refractivity contribution is 7.98. The Morgan fingerprint density at radius 3 is 2.75 bits per heavy atom. The first kappa shape index (κ1) is 21.1. The molecule has 1 fully saturated rings. The first-order chi connectivity index (χ1) is 13.5. The van der Waals surface area contributed by atoms with Crippen LogP contribution in [-0.2, 0) is 11.5 Å². The van der Waals surface area contributed by atoms with Crippen molar-refractivity contribution in [2.45, 2.75) is 56.6 Å². The summed E-state index contributed by atoms with van der Waals surface area (Å²) in [5.41, 5.74) is 0.863. The molecule has 152 valence electrons. The smallest absolute Gasteiger partial charge is 0.279 e. The van der Waals surface area contributed by atoms with Crippen molar-refractivity contribution in [1.29, 1.82) is 0 Å². The molecule has 0 radical (unpaired) electrons. The number of hydrogen-bond donors (Lipinski definition) is 2. The van der Waals surface area contributed by atoms with Crippen molar-refractivity contribution in [3.63, 3.8) is 0 Å². The largest absolute Gasteiger partial charge is 0.320 e. The Morgan fingerprint density at radius 2 is 2.04 bits per heavy atom. The molecule has 6 nitrogen and oxygen atoms in total. The third-order valence-corrected chi connectivity index (χ3v) is 6.45. The van der Waals surface area contributed by atoms with Crippen LogP contribution in [0.2, 0.25) is 0 Å². The van der Waals surface area contributed by atoms with Gasteiger partial charge < -0.3 is 14.8 Å². The van der Waals surface area contributed by atoms with Crippen molar-refractivity contribution in [1.82, 2.24) is 14.3 Å². The minimum atomic E-state index is -0.00560. The van der Waals surface area contributed by atoms with Crippen molar-refractivity contribution in [3.8, 4) is 0 Å². The summed E-state index contributed by atoms with van der Waals surface area (Å²) >= 11 is 7.34. The number of likely N-dealkylation sites (N-methyl/N-ethyl adjacent to an activating group) is 1. The number of quaternary nitrogens is 1. The number of amides is 1. The van der Waals surface area contributed by atoms with Gasteiger partial charge in [0.25, 0.3) is 5.91 Å². The molecule has 0 bridgehead atoms. The highest BCUT2D eigenvalue weighted by Crippen LogP contribution is 2.29. The molecule has 0 spiro atoms. The number of aromatic nitrogens is 3. The molecule has 2 aromatic rings. The highest BCUT2D eigenvalue weighted by atomic mass is 32.2.